The molecule has 1 N–H and O–H groups in total. The molecule has 0 aliphatic heterocycles. The number of carbonyl (C=O) groups is 1. The molecule has 3 aromatic rings. The van der Waals surface area contributed by atoms with Gasteiger partial charge in [0, 0.05) is 22.2 Å². The minimum absolute atomic E-state index is 0.00889. The predicted octanol–water partition coefficient (Wildman–Crippen LogP) is 4.74. The quantitative estimate of drug-likeness (QED) is 0.164. The number of nitrogens with one attached hydrogen (secondary N) is 1. The molecule has 142 valence electrons. The predicted molar refractivity (Wildman–Crippen MR) is 118 cm³/mol. The summed E-state index contributed by atoms with van der Waals surface area (Å²) in [5.41, 5.74) is 3.27. The summed E-state index contributed by atoms with van der Waals surface area (Å²) in [6.07, 6.45) is 3.21. The summed E-state index contributed by atoms with van der Waals surface area (Å²) in [4.78, 5) is 23.1. The molecule has 0 atom stereocenters. The van der Waals surface area contributed by atoms with E-state index < -0.39 is 4.92 Å². The summed E-state index contributed by atoms with van der Waals surface area (Å²) in [7, 11) is 0. The molecule has 2 aromatic carbocycles. The summed E-state index contributed by atoms with van der Waals surface area (Å²) in [6, 6.07) is 11.7. The number of carbonyl (C=O) groups excluding carboxylic acids is 1. The summed E-state index contributed by atoms with van der Waals surface area (Å²) in [5.74, 6) is 0.377. The molecule has 1 heterocycles. The topological polar surface area (TPSA) is 93.8 Å². The number of fused-ring (bicyclic) bond motifs is 1. The number of nitro benzene ring substituents is 1. The van der Waals surface area contributed by atoms with Crippen LogP contribution in [0.1, 0.15) is 15.2 Å². The molecule has 0 unspecified atom stereocenters. The van der Waals surface area contributed by atoms with E-state index in [0.29, 0.717) is 16.9 Å². The van der Waals surface area contributed by atoms with Crippen molar-refractivity contribution in [1.29, 1.82) is 0 Å². The van der Waals surface area contributed by atoms with Gasteiger partial charge in [-0.25, -0.2) is 5.43 Å². The van der Waals surface area contributed by atoms with Gasteiger partial charge in [-0.15, -0.1) is 11.3 Å². The lowest BCUT2D eigenvalue weighted by Crippen LogP contribution is -2.16. The Morgan fingerprint density at radius 2 is 2.14 bits per heavy atom. The van der Waals surface area contributed by atoms with Crippen molar-refractivity contribution in [1.82, 2.24) is 5.43 Å². The van der Waals surface area contributed by atoms with Crippen LogP contribution in [0.5, 0.6) is 5.75 Å². The van der Waals surface area contributed by atoms with Crippen LogP contribution in [0.15, 0.2) is 60.2 Å². The molecule has 0 saturated heterocycles. The fourth-order valence-electron chi connectivity index (χ4n) is 2.34. The molecule has 0 aliphatic rings. The number of rotatable bonds is 7. The summed E-state index contributed by atoms with van der Waals surface area (Å²) < 4.78 is 7.23. The Morgan fingerprint density at radius 1 is 1.32 bits per heavy atom. The third kappa shape index (κ3) is 4.73. The normalized spacial score (nSPS) is 10.9. The number of thiophene rings is 1. The first-order valence-electron chi connectivity index (χ1n) is 8.02. The monoisotopic (exact) mass is 507 g/mol. The fraction of sp³-hybridized carbons (Fsp3) is 0.0526. The first-order chi connectivity index (χ1) is 13.5. The highest BCUT2D eigenvalue weighted by Gasteiger charge is 2.13. The number of benzene rings is 2. The zero-order valence-electron chi connectivity index (χ0n) is 14.4. The smallest absolute Gasteiger partial charge is 0.281 e. The molecule has 7 nitrogen and oxygen atoms in total. The number of hydrazone groups is 1. The summed E-state index contributed by atoms with van der Waals surface area (Å²) >= 11 is 3.41. The third-order valence-electron chi connectivity index (χ3n) is 3.63. The van der Waals surface area contributed by atoms with Gasteiger partial charge in [-0.1, -0.05) is 12.7 Å². The van der Waals surface area contributed by atoms with Crippen LogP contribution < -0.4 is 10.2 Å². The lowest BCUT2D eigenvalue weighted by Gasteiger charge is -2.06. The van der Waals surface area contributed by atoms with Crippen molar-refractivity contribution < 1.29 is 14.5 Å². The third-order valence-corrected chi connectivity index (χ3v) is 5.58. The van der Waals surface area contributed by atoms with Crippen LogP contribution in [0, 0.1) is 13.7 Å². The van der Waals surface area contributed by atoms with Crippen LogP contribution in [-0.4, -0.2) is 23.7 Å². The Balaban J connectivity index is 1.68. The van der Waals surface area contributed by atoms with Crippen molar-refractivity contribution in [3.8, 4) is 5.75 Å². The number of ether oxygens (including phenoxy) is 1. The second-order valence-electron chi connectivity index (χ2n) is 5.58. The molecule has 0 bridgehead atoms. The lowest BCUT2D eigenvalue weighted by molar-refractivity contribution is -0.384. The minimum atomic E-state index is -0.462. The van der Waals surface area contributed by atoms with Crippen LogP contribution in [0.4, 0.5) is 5.69 Å². The van der Waals surface area contributed by atoms with E-state index in [9.17, 15) is 14.9 Å². The van der Waals surface area contributed by atoms with Crippen molar-refractivity contribution in [3.63, 3.8) is 0 Å². The molecule has 0 aliphatic carbocycles. The summed E-state index contributed by atoms with van der Waals surface area (Å²) in [6.45, 7) is 4.04. The van der Waals surface area contributed by atoms with Gasteiger partial charge in [0.1, 0.15) is 12.4 Å². The second-order valence-corrected chi connectivity index (χ2v) is 7.82. The van der Waals surface area contributed by atoms with E-state index in [2.05, 4.69) is 39.7 Å². The van der Waals surface area contributed by atoms with E-state index in [-0.39, 0.29) is 11.6 Å². The van der Waals surface area contributed by atoms with Crippen molar-refractivity contribution >= 4 is 61.8 Å². The SMILES string of the molecule is C=CCOc1ccc(/C=N\NC(=O)c2cc3cc([N+](=O)[O-])ccc3s2)cc1I. The molecule has 1 aromatic heterocycles. The number of hydrogen-bond acceptors (Lipinski definition) is 6. The van der Waals surface area contributed by atoms with Crippen molar-refractivity contribution in [3.05, 3.63) is 79.2 Å². The number of halogens is 1. The Hall–Kier alpha value is -2.79. The first-order valence-corrected chi connectivity index (χ1v) is 9.92. The standard InChI is InChI=1S/C19H14IN3O4S/c1-2-7-27-16-5-3-12(8-15(16)20)11-21-22-19(24)18-10-13-9-14(23(25)26)4-6-17(13)28-18/h2-6,8-11H,1,7H2,(H,22,24)/b21-11-. The van der Waals surface area contributed by atoms with E-state index in [4.69, 9.17) is 4.74 Å². The molecule has 9 heteroatoms. The molecule has 0 saturated carbocycles. The number of nitrogens with zero attached hydrogens (tertiary/aromatic N) is 2. The van der Waals surface area contributed by atoms with Crippen molar-refractivity contribution in [2.75, 3.05) is 6.61 Å². The summed E-state index contributed by atoms with van der Waals surface area (Å²) in [5, 5.41) is 15.5. The van der Waals surface area contributed by atoms with Gasteiger partial charge in [0.2, 0.25) is 0 Å². The average Bonchev–Trinajstić information content (AvgIpc) is 3.10. The Bertz CT molecular complexity index is 1090. The zero-order chi connectivity index (χ0) is 20.1. The van der Waals surface area contributed by atoms with Crippen molar-refractivity contribution in [2.45, 2.75) is 0 Å². The van der Waals surface area contributed by atoms with Crippen LogP contribution in [0.2, 0.25) is 0 Å². The van der Waals surface area contributed by atoms with E-state index >= 15 is 0 Å². The van der Waals surface area contributed by atoms with Crippen LogP contribution in [-0.2, 0) is 0 Å². The maximum atomic E-state index is 12.3. The van der Waals surface area contributed by atoms with Gasteiger partial charge in [0.05, 0.1) is 19.6 Å². The van der Waals surface area contributed by atoms with Crippen LogP contribution in [0.25, 0.3) is 10.1 Å². The zero-order valence-corrected chi connectivity index (χ0v) is 17.4. The lowest BCUT2D eigenvalue weighted by atomic mass is 10.2. The largest absolute Gasteiger partial charge is 0.488 e. The van der Waals surface area contributed by atoms with Gasteiger partial charge in [0.15, 0.2) is 0 Å². The van der Waals surface area contributed by atoms with E-state index in [1.54, 1.807) is 18.2 Å². The molecule has 0 spiro atoms. The average molecular weight is 507 g/mol. The van der Waals surface area contributed by atoms with Crippen LogP contribution in [0.3, 0.4) is 0 Å². The minimum Gasteiger partial charge on any atom is -0.488 e. The van der Waals surface area contributed by atoms with Gasteiger partial charge >= 0.3 is 0 Å². The van der Waals surface area contributed by atoms with Gasteiger partial charge in [-0.05, 0) is 58.5 Å². The van der Waals surface area contributed by atoms with E-state index in [0.717, 1.165) is 19.6 Å². The Labute approximate surface area is 178 Å². The number of hydrogen-bond donors (Lipinski definition) is 1. The fourth-order valence-corrected chi connectivity index (χ4v) is 3.97. The molecule has 0 radical (unpaired) electrons. The molecule has 0 fully saturated rings. The van der Waals surface area contributed by atoms with E-state index in [1.165, 1.54) is 29.7 Å². The van der Waals surface area contributed by atoms with Gasteiger partial charge < -0.3 is 4.74 Å². The molecule has 1 amide bonds. The molecular formula is C19H14IN3O4S. The van der Waals surface area contributed by atoms with Gasteiger partial charge in [-0.2, -0.15) is 5.10 Å². The number of amides is 1. The molecular weight excluding hydrogens is 493 g/mol. The molecule has 28 heavy (non-hydrogen) atoms. The van der Waals surface area contributed by atoms with Gasteiger partial charge in [0.25, 0.3) is 11.6 Å². The number of non-ortho nitro benzene ring substituents is 1. The number of nitro groups is 1. The first kappa shape index (κ1) is 20.0. The highest BCUT2D eigenvalue weighted by atomic mass is 127. The highest BCUT2D eigenvalue weighted by Crippen LogP contribution is 2.29. The highest BCUT2D eigenvalue weighted by molar-refractivity contribution is 14.1. The van der Waals surface area contributed by atoms with Crippen LogP contribution >= 0.6 is 33.9 Å². The van der Waals surface area contributed by atoms with Crippen molar-refractivity contribution in [2.24, 2.45) is 5.10 Å². The maximum Gasteiger partial charge on any atom is 0.281 e. The van der Waals surface area contributed by atoms with E-state index in [1.807, 2.05) is 18.2 Å². The maximum absolute atomic E-state index is 12.3. The molecule has 3 rings (SSSR count). The Morgan fingerprint density at radius 3 is 2.86 bits per heavy atom. The second kappa shape index (κ2) is 8.93. The Kier molecular flexibility index (Phi) is 6.37. The van der Waals surface area contributed by atoms with Gasteiger partial charge in [-0.3, -0.25) is 14.9 Å².